The lowest BCUT2D eigenvalue weighted by atomic mass is 9.92. The highest BCUT2D eigenvalue weighted by molar-refractivity contribution is 5.95. The molecule has 3 N–H and O–H groups in total. The Balaban J connectivity index is 2.21. The second kappa shape index (κ2) is 6.03. The van der Waals surface area contributed by atoms with Gasteiger partial charge in [-0.1, -0.05) is 0 Å². The van der Waals surface area contributed by atoms with Crippen LogP contribution in [0.2, 0.25) is 0 Å². The third-order valence-electron chi connectivity index (χ3n) is 3.97. The largest absolute Gasteiger partial charge is 0.504 e. The number of carbonyl (C=O) groups excluding carboxylic acids is 2. The van der Waals surface area contributed by atoms with Crippen molar-refractivity contribution in [3.05, 3.63) is 23.8 Å². The Morgan fingerprint density at radius 2 is 2.10 bits per heavy atom. The van der Waals surface area contributed by atoms with E-state index in [2.05, 4.69) is 0 Å². The van der Waals surface area contributed by atoms with E-state index in [1.165, 1.54) is 13.2 Å². The van der Waals surface area contributed by atoms with Crippen LogP contribution in [0.3, 0.4) is 0 Å². The molecule has 1 saturated heterocycles. The van der Waals surface area contributed by atoms with E-state index >= 15 is 0 Å². The van der Waals surface area contributed by atoms with Gasteiger partial charge in [0.1, 0.15) is 0 Å². The molecule has 0 bridgehead atoms. The van der Waals surface area contributed by atoms with Crippen molar-refractivity contribution in [3.63, 3.8) is 0 Å². The molecule has 1 aliphatic heterocycles. The lowest BCUT2D eigenvalue weighted by Crippen LogP contribution is -2.48. The van der Waals surface area contributed by atoms with Crippen molar-refractivity contribution in [3.8, 4) is 11.5 Å². The Kier molecular flexibility index (Phi) is 4.35. The van der Waals surface area contributed by atoms with Gasteiger partial charge in [0, 0.05) is 18.2 Å². The van der Waals surface area contributed by atoms with Crippen molar-refractivity contribution in [2.75, 3.05) is 13.7 Å². The summed E-state index contributed by atoms with van der Waals surface area (Å²) in [5.41, 5.74) is 5.71. The standard InChI is InChI=1S/C15H20N2O4/c1-9-3-4-11(14(16)19)8-17(9)15(20)10-5-6-13(21-2)12(18)7-10/h5-7,9,11,18H,3-4,8H2,1-2H3,(H2,16,19). The number of carbonyl (C=O) groups is 2. The minimum Gasteiger partial charge on any atom is -0.504 e. The summed E-state index contributed by atoms with van der Waals surface area (Å²) in [4.78, 5) is 25.5. The number of ether oxygens (including phenoxy) is 1. The molecule has 1 aliphatic rings. The molecule has 1 fully saturated rings. The van der Waals surface area contributed by atoms with Crippen LogP contribution in [0, 0.1) is 5.92 Å². The van der Waals surface area contributed by atoms with Gasteiger partial charge in [-0.05, 0) is 38.0 Å². The number of phenolic OH excluding ortho intramolecular Hbond substituents is 1. The van der Waals surface area contributed by atoms with Gasteiger partial charge < -0.3 is 20.5 Å². The molecule has 2 atom stereocenters. The zero-order chi connectivity index (χ0) is 15.6. The highest BCUT2D eigenvalue weighted by atomic mass is 16.5. The number of nitrogens with two attached hydrogens (primary N) is 1. The average molecular weight is 292 g/mol. The van der Waals surface area contributed by atoms with Gasteiger partial charge in [0.15, 0.2) is 11.5 Å². The predicted molar refractivity (Wildman–Crippen MR) is 77.1 cm³/mol. The maximum Gasteiger partial charge on any atom is 0.254 e. The van der Waals surface area contributed by atoms with E-state index in [1.54, 1.807) is 17.0 Å². The first-order chi connectivity index (χ1) is 9.93. The second-order valence-electron chi connectivity index (χ2n) is 5.37. The van der Waals surface area contributed by atoms with E-state index in [-0.39, 0.29) is 29.5 Å². The van der Waals surface area contributed by atoms with Crippen molar-refractivity contribution in [1.29, 1.82) is 0 Å². The Labute approximate surface area is 123 Å². The SMILES string of the molecule is COc1ccc(C(=O)N2CC(C(N)=O)CCC2C)cc1O. The third kappa shape index (κ3) is 3.09. The van der Waals surface area contributed by atoms with Crippen LogP contribution < -0.4 is 10.5 Å². The smallest absolute Gasteiger partial charge is 0.254 e. The van der Waals surface area contributed by atoms with Gasteiger partial charge in [-0.25, -0.2) is 0 Å². The molecule has 21 heavy (non-hydrogen) atoms. The monoisotopic (exact) mass is 292 g/mol. The van der Waals surface area contributed by atoms with E-state index in [0.29, 0.717) is 24.3 Å². The van der Waals surface area contributed by atoms with Crippen LogP contribution >= 0.6 is 0 Å². The van der Waals surface area contributed by atoms with Gasteiger partial charge in [0.25, 0.3) is 5.91 Å². The van der Waals surface area contributed by atoms with E-state index in [9.17, 15) is 14.7 Å². The van der Waals surface area contributed by atoms with Crippen LogP contribution in [0.15, 0.2) is 18.2 Å². The molecular formula is C15H20N2O4. The van der Waals surface area contributed by atoms with Crippen molar-refractivity contribution in [1.82, 2.24) is 4.90 Å². The summed E-state index contributed by atoms with van der Waals surface area (Å²) in [6.07, 6.45) is 1.44. The van der Waals surface area contributed by atoms with E-state index in [0.717, 1.165) is 6.42 Å². The fourth-order valence-corrected chi connectivity index (χ4v) is 2.61. The number of piperidine rings is 1. The van der Waals surface area contributed by atoms with Crippen molar-refractivity contribution >= 4 is 11.8 Å². The number of rotatable bonds is 3. The lowest BCUT2D eigenvalue weighted by Gasteiger charge is -2.37. The van der Waals surface area contributed by atoms with Gasteiger partial charge in [-0.3, -0.25) is 9.59 Å². The van der Waals surface area contributed by atoms with Crippen LogP contribution in [-0.2, 0) is 4.79 Å². The van der Waals surface area contributed by atoms with Crippen LogP contribution in [0.5, 0.6) is 11.5 Å². The topological polar surface area (TPSA) is 92.9 Å². The Hall–Kier alpha value is -2.24. The summed E-state index contributed by atoms with van der Waals surface area (Å²) in [7, 11) is 1.45. The summed E-state index contributed by atoms with van der Waals surface area (Å²) in [6, 6.07) is 4.56. The summed E-state index contributed by atoms with van der Waals surface area (Å²) in [6.45, 7) is 2.26. The first-order valence-corrected chi connectivity index (χ1v) is 6.91. The quantitative estimate of drug-likeness (QED) is 0.873. The molecule has 0 radical (unpaired) electrons. The van der Waals surface area contributed by atoms with E-state index < -0.39 is 0 Å². The number of likely N-dealkylation sites (tertiary alicyclic amines) is 1. The number of methoxy groups -OCH3 is 1. The predicted octanol–water partition coefficient (Wildman–Crippen LogP) is 1.13. The zero-order valence-corrected chi connectivity index (χ0v) is 12.2. The molecule has 0 spiro atoms. The first kappa shape index (κ1) is 15.2. The average Bonchev–Trinajstić information content (AvgIpc) is 2.46. The molecular weight excluding hydrogens is 272 g/mol. The molecule has 1 aromatic rings. The van der Waals surface area contributed by atoms with E-state index in [4.69, 9.17) is 10.5 Å². The van der Waals surface area contributed by atoms with Crippen LogP contribution in [0.4, 0.5) is 0 Å². The molecule has 2 unspecified atom stereocenters. The molecule has 2 amide bonds. The number of nitrogens with zero attached hydrogens (tertiary/aromatic N) is 1. The summed E-state index contributed by atoms with van der Waals surface area (Å²) in [5, 5.41) is 9.77. The summed E-state index contributed by atoms with van der Waals surface area (Å²) < 4.78 is 4.96. The number of benzene rings is 1. The van der Waals surface area contributed by atoms with Gasteiger partial charge >= 0.3 is 0 Å². The Morgan fingerprint density at radius 1 is 1.38 bits per heavy atom. The molecule has 0 aromatic heterocycles. The van der Waals surface area contributed by atoms with Crippen LogP contribution in [0.1, 0.15) is 30.1 Å². The molecule has 6 heteroatoms. The highest BCUT2D eigenvalue weighted by Gasteiger charge is 2.32. The van der Waals surface area contributed by atoms with Gasteiger partial charge in [0.2, 0.25) is 5.91 Å². The first-order valence-electron chi connectivity index (χ1n) is 6.91. The molecule has 1 aromatic carbocycles. The van der Waals surface area contributed by atoms with Crippen molar-refractivity contribution in [2.24, 2.45) is 11.7 Å². The minimum atomic E-state index is -0.378. The normalized spacial score (nSPS) is 21.9. The van der Waals surface area contributed by atoms with Crippen LogP contribution in [-0.4, -0.2) is 41.5 Å². The molecule has 0 aliphatic carbocycles. The Morgan fingerprint density at radius 3 is 2.67 bits per heavy atom. The fraction of sp³-hybridized carbons (Fsp3) is 0.467. The van der Waals surface area contributed by atoms with Gasteiger partial charge in [-0.2, -0.15) is 0 Å². The molecule has 114 valence electrons. The fourth-order valence-electron chi connectivity index (χ4n) is 2.61. The number of hydrogen-bond donors (Lipinski definition) is 2. The summed E-state index contributed by atoms with van der Waals surface area (Å²) in [5.74, 6) is -0.673. The van der Waals surface area contributed by atoms with Gasteiger partial charge in [0.05, 0.1) is 13.0 Å². The maximum absolute atomic E-state index is 12.6. The third-order valence-corrected chi connectivity index (χ3v) is 3.97. The minimum absolute atomic E-state index is 0.0392. The number of amides is 2. The van der Waals surface area contributed by atoms with Crippen LogP contribution in [0.25, 0.3) is 0 Å². The molecule has 0 saturated carbocycles. The van der Waals surface area contributed by atoms with Crippen molar-refractivity contribution in [2.45, 2.75) is 25.8 Å². The van der Waals surface area contributed by atoms with Gasteiger partial charge in [-0.15, -0.1) is 0 Å². The Bertz CT molecular complexity index is 559. The number of primary amides is 1. The summed E-state index contributed by atoms with van der Waals surface area (Å²) >= 11 is 0. The second-order valence-corrected chi connectivity index (χ2v) is 5.37. The molecule has 1 heterocycles. The number of aromatic hydroxyl groups is 1. The highest BCUT2D eigenvalue weighted by Crippen LogP contribution is 2.29. The van der Waals surface area contributed by atoms with Crippen molar-refractivity contribution < 1.29 is 19.4 Å². The molecule has 6 nitrogen and oxygen atoms in total. The number of phenols is 1. The zero-order valence-electron chi connectivity index (χ0n) is 12.2. The maximum atomic E-state index is 12.6. The van der Waals surface area contributed by atoms with E-state index in [1.807, 2.05) is 6.92 Å². The number of hydrogen-bond acceptors (Lipinski definition) is 4. The molecule has 2 rings (SSSR count). The lowest BCUT2D eigenvalue weighted by molar-refractivity contribution is -0.123.